The van der Waals surface area contributed by atoms with Crippen LogP contribution in [0.25, 0.3) is 0 Å². The lowest BCUT2D eigenvalue weighted by atomic mass is 9.83. The van der Waals surface area contributed by atoms with E-state index in [-0.39, 0.29) is 35.1 Å². The van der Waals surface area contributed by atoms with E-state index in [1.54, 1.807) is 0 Å². The second kappa shape index (κ2) is 8.89. The zero-order valence-electron chi connectivity index (χ0n) is 18.1. The summed E-state index contributed by atoms with van der Waals surface area (Å²) >= 11 is 1.49. The van der Waals surface area contributed by atoms with Crippen LogP contribution in [-0.4, -0.2) is 49.6 Å². The zero-order chi connectivity index (χ0) is 21.2. The molecule has 0 aromatic carbocycles. The normalized spacial score (nSPS) is 23.1. The molecular weight excluding hydrogens is 384 g/mol. The Kier molecular flexibility index (Phi) is 6.70. The number of hydrogen-bond donors (Lipinski definition) is 1. The Hall–Kier alpha value is -1.84. The number of thiophene rings is 1. The first-order valence-corrected chi connectivity index (χ1v) is 11.2. The van der Waals surface area contributed by atoms with E-state index in [1.807, 2.05) is 4.90 Å². The van der Waals surface area contributed by atoms with Crippen molar-refractivity contribution in [3.63, 3.8) is 0 Å². The Labute approximate surface area is 178 Å². The molecule has 2 fully saturated rings. The molecule has 1 amide bonds. The van der Waals surface area contributed by atoms with E-state index < -0.39 is 0 Å². The van der Waals surface area contributed by atoms with E-state index in [0.29, 0.717) is 6.61 Å². The number of methoxy groups -OCH3 is 1. The number of likely N-dealkylation sites (tertiary alicyclic amines) is 1. The molecule has 158 valence electrons. The van der Waals surface area contributed by atoms with E-state index >= 15 is 0 Å². The van der Waals surface area contributed by atoms with Crippen molar-refractivity contribution in [2.24, 2.45) is 11.3 Å². The average Bonchev–Trinajstić information content (AvgIpc) is 3.40. The Morgan fingerprint density at radius 2 is 2.21 bits per heavy atom. The molecule has 1 N–H and O–H groups in total. The molecule has 3 unspecified atom stereocenters. The van der Waals surface area contributed by atoms with Crippen LogP contribution in [0.15, 0.2) is 6.07 Å². The van der Waals surface area contributed by atoms with Gasteiger partial charge in [0.05, 0.1) is 29.5 Å². The maximum Gasteiger partial charge on any atom is 0.226 e. The summed E-state index contributed by atoms with van der Waals surface area (Å²) in [5, 5.41) is 8.28. The minimum atomic E-state index is -0.0888. The SMILES string of the molecule is CCC(c1cc(C#CC(C)(C)C)sc1C(=N)OC)C1CCN(C2CCOC2)C1=O. The van der Waals surface area contributed by atoms with Gasteiger partial charge in [-0.15, -0.1) is 11.3 Å². The summed E-state index contributed by atoms with van der Waals surface area (Å²) in [5.41, 5.74) is 0.944. The van der Waals surface area contributed by atoms with Crippen molar-refractivity contribution in [2.45, 2.75) is 58.9 Å². The van der Waals surface area contributed by atoms with Gasteiger partial charge in [0.25, 0.3) is 0 Å². The van der Waals surface area contributed by atoms with Crippen molar-refractivity contribution in [1.82, 2.24) is 4.90 Å². The fourth-order valence-electron chi connectivity index (χ4n) is 4.21. The highest BCUT2D eigenvalue weighted by Crippen LogP contribution is 2.41. The van der Waals surface area contributed by atoms with E-state index in [4.69, 9.17) is 14.9 Å². The highest BCUT2D eigenvalue weighted by Gasteiger charge is 2.42. The molecule has 29 heavy (non-hydrogen) atoms. The van der Waals surface area contributed by atoms with Gasteiger partial charge in [-0.1, -0.05) is 18.8 Å². The standard InChI is InChI=1S/C23H32N2O3S/c1-6-17(18-8-11-25(22(18)26)15-9-12-28-14-15)19-13-16(7-10-23(2,3)4)29-20(19)21(24)27-5/h13,15,17-18,24H,6,8-9,11-12,14H2,1-5H3. The molecule has 1 aromatic rings. The van der Waals surface area contributed by atoms with Crippen molar-refractivity contribution >= 4 is 23.1 Å². The number of rotatable bonds is 5. The van der Waals surface area contributed by atoms with Crippen molar-refractivity contribution < 1.29 is 14.3 Å². The summed E-state index contributed by atoms with van der Waals surface area (Å²) in [5.74, 6) is 6.94. The van der Waals surface area contributed by atoms with Crippen LogP contribution in [0.1, 0.15) is 68.2 Å². The molecule has 0 radical (unpaired) electrons. The fraction of sp³-hybridized carbons (Fsp3) is 0.652. The maximum absolute atomic E-state index is 13.2. The first-order valence-electron chi connectivity index (χ1n) is 10.4. The topological polar surface area (TPSA) is 62.6 Å². The van der Waals surface area contributed by atoms with Crippen molar-refractivity contribution in [3.8, 4) is 11.8 Å². The Morgan fingerprint density at radius 1 is 1.45 bits per heavy atom. The zero-order valence-corrected chi connectivity index (χ0v) is 18.9. The van der Waals surface area contributed by atoms with Gasteiger partial charge in [-0.2, -0.15) is 0 Å². The third-order valence-corrected chi connectivity index (χ3v) is 6.75. The second-order valence-corrected chi connectivity index (χ2v) is 9.94. The minimum Gasteiger partial charge on any atom is -0.480 e. The average molecular weight is 417 g/mol. The molecule has 2 aliphatic heterocycles. The molecule has 3 heterocycles. The smallest absolute Gasteiger partial charge is 0.226 e. The summed E-state index contributed by atoms with van der Waals surface area (Å²) in [4.78, 5) is 17.0. The molecule has 3 atom stereocenters. The van der Waals surface area contributed by atoms with Crippen LogP contribution < -0.4 is 0 Å². The molecular formula is C23H32N2O3S. The van der Waals surface area contributed by atoms with Gasteiger partial charge >= 0.3 is 0 Å². The third-order valence-electron chi connectivity index (χ3n) is 5.68. The Balaban J connectivity index is 1.91. The summed E-state index contributed by atoms with van der Waals surface area (Å²) in [6.07, 6.45) is 2.63. The van der Waals surface area contributed by atoms with Gasteiger partial charge < -0.3 is 14.4 Å². The van der Waals surface area contributed by atoms with Gasteiger partial charge in [0.1, 0.15) is 0 Å². The van der Waals surface area contributed by atoms with Crippen molar-refractivity contribution in [1.29, 1.82) is 5.41 Å². The van der Waals surface area contributed by atoms with Gasteiger partial charge in [-0.25, -0.2) is 0 Å². The lowest BCUT2D eigenvalue weighted by Gasteiger charge is -2.25. The molecule has 3 rings (SSSR count). The van der Waals surface area contributed by atoms with Gasteiger partial charge in [-0.05, 0) is 57.6 Å². The van der Waals surface area contributed by atoms with Gasteiger partial charge in [0.15, 0.2) is 0 Å². The number of ether oxygens (including phenoxy) is 2. The number of hydrogen-bond acceptors (Lipinski definition) is 5. The fourth-order valence-corrected chi connectivity index (χ4v) is 5.22. The van der Waals surface area contributed by atoms with E-state index in [9.17, 15) is 4.79 Å². The highest BCUT2D eigenvalue weighted by molar-refractivity contribution is 7.14. The van der Waals surface area contributed by atoms with Crippen LogP contribution in [0.4, 0.5) is 0 Å². The number of amides is 1. The second-order valence-electron chi connectivity index (χ2n) is 8.89. The third kappa shape index (κ3) is 4.84. The molecule has 1 aromatic heterocycles. The molecule has 2 saturated heterocycles. The predicted molar refractivity (Wildman–Crippen MR) is 117 cm³/mol. The number of carbonyl (C=O) groups is 1. The number of nitrogens with zero attached hydrogens (tertiary/aromatic N) is 1. The monoisotopic (exact) mass is 416 g/mol. The summed E-state index contributed by atoms with van der Waals surface area (Å²) in [7, 11) is 1.52. The van der Waals surface area contributed by atoms with Crippen LogP contribution in [0.3, 0.4) is 0 Å². The number of carbonyl (C=O) groups excluding carboxylic acids is 1. The summed E-state index contributed by atoms with van der Waals surface area (Å²) < 4.78 is 10.8. The Bertz CT molecular complexity index is 821. The van der Waals surface area contributed by atoms with Crippen molar-refractivity contribution in [2.75, 3.05) is 26.9 Å². The predicted octanol–water partition coefficient (Wildman–Crippen LogP) is 4.25. The number of nitrogens with one attached hydrogen (secondary N) is 1. The first kappa shape index (κ1) is 21.9. The van der Waals surface area contributed by atoms with Gasteiger partial charge in [0.2, 0.25) is 11.8 Å². The maximum atomic E-state index is 13.2. The van der Waals surface area contributed by atoms with Crippen molar-refractivity contribution in [3.05, 3.63) is 21.4 Å². The largest absolute Gasteiger partial charge is 0.480 e. The van der Waals surface area contributed by atoms with Gasteiger partial charge in [0, 0.05) is 24.5 Å². The lowest BCUT2D eigenvalue weighted by molar-refractivity contribution is -0.133. The van der Waals surface area contributed by atoms with Crippen LogP contribution in [0.2, 0.25) is 0 Å². The quantitative estimate of drug-likeness (QED) is 0.443. The highest BCUT2D eigenvalue weighted by atomic mass is 32.1. The summed E-state index contributed by atoms with van der Waals surface area (Å²) in [6, 6.07) is 2.30. The van der Waals surface area contributed by atoms with E-state index in [0.717, 1.165) is 47.7 Å². The van der Waals surface area contributed by atoms with Crippen LogP contribution >= 0.6 is 11.3 Å². The van der Waals surface area contributed by atoms with Crippen LogP contribution in [0, 0.1) is 28.6 Å². The van der Waals surface area contributed by atoms with E-state index in [2.05, 4.69) is 45.6 Å². The van der Waals surface area contributed by atoms with E-state index in [1.165, 1.54) is 18.4 Å². The van der Waals surface area contributed by atoms with Crippen LogP contribution in [-0.2, 0) is 14.3 Å². The summed E-state index contributed by atoms with van der Waals surface area (Å²) in [6.45, 7) is 10.6. The lowest BCUT2D eigenvalue weighted by Crippen LogP contribution is -2.38. The minimum absolute atomic E-state index is 0.0537. The molecule has 0 spiro atoms. The van der Waals surface area contributed by atoms with Gasteiger partial charge in [-0.3, -0.25) is 10.2 Å². The van der Waals surface area contributed by atoms with Crippen LogP contribution in [0.5, 0.6) is 0 Å². The Morgan fingerprint density at radius 3 is 2.79 bits per heavy atom. The first-order chi connectivity index (χ1) is 13.7. The molecule has 6 heteroatoms. The molecule has 5 nitrogen and oxygen atoms in total. The molecule has 2 aliphatic rings. The molecule has 0 saturated carbocycles. The molecule has 0 aliphatic carbocycles. The molecule has 0 bridgehead atoms.